The van der Waals surface area contributed by atoms with Crippen molar-refractivity contribution in [1.29, 1.82) is 0 Å². The SMILES string of the molecule is Cc1ccc(CC(Cl)c2ccc3c(c2)CCCO3)cc1. The van der Waals surface area contributed by atoms with Crippen molar-refractivity contribution >= 4 is 11.6 Å². The second-order valence-corrected chi connectivity index (χ2v) is 6.00. The molecule has 0 saturated heterocycles. The Hall–Kier alpha value is -1.47. The van der Waals surface area contributed by atoms with Crippen LogP contribution in [0.5, 0.6) is 5.75 Å². The molecule has 0 aromatic heterocycles. The maximum Gasteiger partial charge on any atom is 0.122 e. The van der Waals surface area contributed by atoms with Gasteiger partial charge in [0.25, 0.3) is 0 Å². The summed E-state index contributed by atoms with van der Waals surface area (Å²) in [5.74, 6) is 1.03. The first kappa shape index (κ1) is 13.5. The van der Waals surface area contributed by atoms with Gasteiger partial charge in [0, 0.05) is 0 Å². The molecule has 0 radical (unpaired) electrons. The Morgan fingerprint density at radius 2 is 1.95 bits per heavy atom. The molecular formula is C18H19ClO. The van der Waals surface area contributed by atoms with E-state index in [4.69, 9.17) is 16.3 Å². The maximum absolute atomic E-state index is 6.58. The Morgan fingerprint density at radius 1 is 1.15 bits per heavy atom. The number of hydrogen-bond donors (Lipinski definition) is 0. The number of benzene rings is 2. The molecule has 0 amide bonds. The van der Waals surface area contributed by atoms with Crippen LogP contribution in [0.1, 0.15) is 34.1 Å². The van der Waals surface area contributed by atoms with Crippen LogP contribution >= 0.6 is 11.6 Å². The highest BCUT2D eigenvalue weighted by Gasteiger charge is 2.14. The van der Waals surface area contributed by atoms with Crippen molar-refractivity contribution in [2.24, 2.45) is 0 Å². The molecule has 2 heteroatoms. The zero-order valence-electron chi connectivity index (χ0n) is 11.7. The molecule has 3 rings (SSSR count). The second-order valence-electron chi connectivity index (χ2n) is 5.48. The first-order chi connectivity index (χ1) is 9.72. The van der Waals surface area contributed by atoms with Crippen molar-refractivity contribution in [2.45, 2.75) is 31.6 Å². The summed E-state index contributed by atoms with van der Waals surface area (Å²) in [4.78, 5) is 0. The summed E-state index contributed by atoms with van der Waals surface area (Å²) in [5.41, 5.74) is 5.05. The summed E-state index contributed by atoms with van der Waals surface area (Å²) in [6, 6.07) is 15.0. The molecular weight excluding hydrogens is 268 g/mol. The van der Waals surface area contributed by atoms with E-state index >= 15 is 0 Å². The first-order valence-electron chi connectivity index (χ1n) is 7.17. The molecule has 1 heterocycles. The van der Waals surface area contributed by atoms with Crippen molar-refractivity contribution in [2.75, 3.05) is 6.61 Å². The summed E-state index contributed by atoms with van der Waals surface area (Å²) >= 11 is 6.58. The van der Waals surface area contributed by atoms with Gasteiger partial charge in [-0.15, -0.1) is 11.6 Å². The molecule has 0 bridgehead atoms. The van der Waals surface area contributed by atoms with Crippen molar-refractivity contribution in [3.8, 4) is 5.75 Å². The van der Waals surface area contributed by atoms with Crippen LogP contribution in [0.4, 0.5) is 0 Å². The maximum atomic E-state index is 6.58. The van der Waals surface area contributed by atoms with E-state index < -0.39 is 0 Å². The molecule has 0 aliphatic carbocycles. The van der Waals surface area contributed by atoms with Crippen LogP contribution < -0.4 is 4.74 Å². The van der Waals surface area contributed by atoms with E-state index in [1.165, 1.54) is 22.3 Å². The summed E-state index contributed by atoms with van der Waals surface area (Å²) in [5, 5.41) is 0.0185. The molecule has 0 saturated carbocycles. The fourth-order valence-corrected chi connectivity index (χ4v) is 2.94. The van der Waals surface area contributed by atoms with Crippen LogP contribution in [0.2, 0.25) is 0 Å². The molecule has 1 aliphatic heterocycles. The first-order valence-corrected chi connectivity index (χ1v) is 7.61. The van der Waals surface area contributed by atoms with E-state index in [2.05, 4.69) is 49.4 Å². The third-order valence-electron chi connectivity index (χ3n) is 3.83. The van der Waals surface area contributed by atoms with Crippen LogP contribution in [-0.2, 0) is 12.8 Å². The minimum atomic E-state index is 0.0185. The van der Waals surface area contributed by atoms with Crippen molar-refractivity contribution < 1.29 is 4.74 Å². The zero-order chi connectivity index (χ0) is 13.9. The number of alkyl halides is 1. The van der Waals surface area contributed by atoms with Crippen molar-refractivity contribution in [3.05, 3.63) is 64.7 Å². The largest absolute Gasteiger partial charge is 0.493 e. The quantitative estimate of drug-likeness (QED) is 0.734. The fraction of sp³-hybridized carbons (Fsp3) is 0.333. The third kappa shape index (κ3) is 2.99. The molecule has 2 aromatic rings. The van der Waals surface area contributed by atoms with E-state index in [0.717, 1.165) is 31.6 Å². The highest BCUT2D eigenvalue weighted by Crippen LogP contribution is 2.31. The predicted molar refractivity (Wildman–Crippen MR) is 83.7 cm³/mol. The van der Waals surface area contributed by atoms with Gasteiger partial charge in [-0.2, -0.15) is 0 Å². The lowest BCUT2D eigenvalue weighted by molar-refractivity contribution is 0.288. The number of aryl methyl sites for hydroxylation is 2. The summed E-state index contributed by atoms with van der Waals surface area (Å²) in [7, 11) is 0. The minimum Gasteiger partial charge on any atom is -0.493 e. The zero-order valence-corrected chi connectivity index (χ0v) is 12.5. The molecule has 2 aromatic carbocycles. The standard InChI is InChI=1S/C18H19ClO/c1-13-4-6-14(7-5-13)11-17(19)15-8-9-18-16(12-15)3-2-10-20-18/h4-9,12,17H,2-3,10-11H2,1H3. The number of hydrogen-bond acceptors (Lipinski definition) is 1. The number of fused-ring (bicyclic) bond motifs is 1. The number of halogens is 1. The van der Waals surface area contributed by atoms with E-state index in [9.17, 15) is 0 Å². The van der Waals surface area contributed by atoms with Gasteiger partial charge in [0.05, 0.1) is 12.0 Å². The lowest BCUT2D eigenvalue weighted by atomic mass is 9.98. The molecule has 1 atom stereocenters. The van der Waals surface area contributed by atoms with Gasteiger partial charge in [-0.1, -0.05) is 42.0 Å². The van der Waals surface area contributed by atoms with Crippen LogP contribution in [0.3, 0.4) is 0 Å². The molecule has 104 valence electrons. The van der Waals surface area contributed by atoms with E-state index in [1.54, 1.807) is 0 Å². The molecule has 1 unspecified atom stereocenters. The van der Waals surface area contributed by atoms with Crippen LogP contribution in [0.25, 0.3) is 0 Å². The highest BCUT2D eigenvalue weighted by molar-refractivity contribution is 6.20. The van der Waals surface area contributed by atoms with Gasteiger partial charge in [0.2, 0.25) is 0 Å². The Labute approximate surface area is 125 Å². The minimum absolute atomic E-state index is 0.0185. The lowest BCUT2D eigenvalue weighted by Crippen LogP contribution is -2.09. The smallest absolute Gasteiger partial charge is 0.122 e. The van der Waals surface area contributed by atoms with E-state index in [1.807, 2.05) is 0 Å². The van der Waals surface area contributed by atoms with Gasteiger partial charge in [-0.3, -0.25) is 0 Å². The molecule has 0 fully saturated rings. The Balaban J connectivity index is 1.76. The van der Waals surface area contributed by atoms with Crippen LogP contribution in [0, 0.1) is 6.92 Å². The van der Waals surface area contributed by atoms with Crippen LogP contribution in [0.15, 0.2) is 42.5 Å². The summed E-state index contributed by atoms with van der Waals surface area (Å²) < 4.78 is 5.65. The van der Waals surface area contributed by atoms with Gasteiger partial charge in [0.1, 0.15) is 5.75 Å². The molecule has 20 heavy (non-hydrogen) atoms. The number of rotatable bonds is 3. The third-order valence-corrected chi connectivity index (χ3v) is 4.24. The Kier molecular flexibility index (Phi) is 3.98. The fourth-order valence-electron chi connectivity index (χ4n) is 2.62. The van der Waals surface area contributed by atoms with Gasteiger partial charge in [-0.05, 0) is 48.9 Å². The summed E-state index contributed by atoms with van der Waals surface area (Å²) in [6.45, 7) is 2.94. The average molecular weight is 287 g/mol. The topological polar surface area (TPSA) is 9.23 Å². The predicted octanol–water partition coefficient (Wildman–Crippen LogP) is 4.84. The molecule has 0 spiro atoms. The number of ether oxygens (including phenoxy) is 1. The Morgan fingerprint density at radius 3 is 2.75 bits per heavy atom. The molecule has 1 aliphatic rings. The molecule has 0 N–H and O–H groups in total. The van der Waals surface area contributed by atoms with Crippen molar-refractivity contribution in [1.82, 2.24) is 0 Å². The van der Waals surface area contributed by atoms with E-state index in [0.29, 0.717) is 0 Å². The lowest BCUT2D eigenvalue weighted by Gasteiger charge is -2.19. The van der Waals surface area contributed by atoms with Gasteiger partial charge in [-0.25, -0.2) is 0 Å². The van der Waals surface area contributed by atoms with Crippen molar-refractivity contribution in [3.63, 3.8) is 0 Å². The average Bonchev–Trinajstić information content (AvgIpc) is 2.49. The van der Waals surface area contributed by atoms with Crippen LogP contribution in [-0.4, -0.2) is 6.61 Å². The Bertz CT molecular complexity index is 589. The van der Waals surface area contributed by atoms with Gasteiger partial charge < -0.3 is 4.74 Å². The summed E-state index contributed by atoms with van der Waals surface area (Å²) in [6.07, 6.45) is 3.06. The van der Waals surface area contributed by atoms with E-state index in [-0.39, 0.29) is 5.38 Å². The highest BCUT2D eigenvalue weighted by atomic mass is 35.5. The second kappa shape index (κ2) is 5.88. The normalized spacial score (nSPS) is 15.3. The van der Waals surface area contributed by atoms with Gasteiger partial charge >= 0.3 is 0 Å². The monoisotopic (exact) mass is 286 g/mol. The van der Waals surface area contributed by atoms with Gasteiger partial charge in [0.15, 0.2) is 0 Å². The molecule has 1 nitrogen and oxygen atoms in total.